The van der Waals surface area contributed by atoms with Crippen LogP contribution in [0, 0.1) is 0 Å². The molecule has 0 aliphatic carbocycles. The van der Waals surface area contributed by atoms with Gasteiger partial charge in [-0.2, -0.15) is 0 Å². The Kier molecular flexibility index (Phi) is 2.68. The van der Waals surface area contributed by atoms with Crippen LogP contribution in [-0.2, 0) is 0 Å². The molecule has 0 fully saturated rings. The molecule has 4 heteroatoms. The second kappa shape index (κ2) is 4.35. The van der Waals surface area contributed by atoms with Gasteiger partial charge in [-0.05, 0) is 24.3 Å². The standard InChI is InChI=1S/C14H11ClN2O/c1-18-11-6-4-5-10(9-11)13-14(15)17-8-3-2-7-12(17)16-13/h2-9H,1H3. The van der Waals surface area contributed by atoms with Gasteiger partial charge in [0.15, 0.2) is 0 Å². The summed E-state index contributed by atoms with van der Waals surface area (Å²) in [5, 5.41) is 0.610. The Morgan fingerprint density at radius 1 is 1.17 bits per heavy atom. The Hall–Kier alpha value is -2.00. The van der Waals surface area contributed by atoms with E-state index in [1.54, 1.807) is 7.11 Å². The fourth-order valence-electron chi connectivity index (χ4n) is 1.92. The van der Waals surface area contributed by atoms with Gasteiger partial charge in [0.1, 0.15) is 22.2 Å². The lowest BCUT2D eigenvalue weighted by Crippen LogP contribution is -1.84. The summed E-state index contributed by atoms with van der Waals surface area (Å²) >= 11 is 6.35. The second-order valence-corrected chi connectivity index (χ2v) is 4.27. The first kappa shape index (κ1) is 11.1. The summed E-state index contributed by atoms with van der Waals surface area (Å²) in [5.41, 5.74) is 2.55. The van der Waals surface area contributed by atoms with Gasteiger partial charge in [-0.25, -0.2) is 4.98 Å². The molecule has 0 aliphatic heterocycles. The molecule has 0 unspecified atom stereocenters. The predicted molar refractivity (Wildman–Crippen MR) is 72.2 cm³/mol. The third-order valence-corrected chi connectivity index (χ3v) is 3.18. The van der Waals surface area contributed by atoms with Crippen molar-refractivity contribution in [3.8, 4) is 17.0 Å². The van der Waals surface area contributed by atoms with E-state index in [4.69, 9.17) is 16.3 Å². The van der Waals surface area contributed by atoms with E-state index < -0.39 is 0 Å². The second-order valence-electron chi connectivity index (χ2n) is 3.91. The van der Waals surface area contributed by atoms with Gasteiger partial charge in [-0.3, -0.25) is 4.40 Å². The van der Waals surface area contributed by atoms with E-state index in [0.717, 1.165) is 22.7 Å². The van der Waals surface area contributed by atoms with Gasteiger partial charge in [-0.15, -0.1) is 0 Å². The Labute approximate surface area is 110 Å². The zero-order chi connectivity index (χ0) is 12.5. The number of hydrogen-bond donors (Lipinski definition) is 0. The third kappa shape index (κ3) is 1.73. The van der Waals surface area contributed by atoms with Crippen LogP contribution in [0.15, 0.2) is 48.7 Å². The van der Waals surface area contributed by atoms with Gasteiger partial charge < -0.3 is 4.74 Å². The molecule has 3 aromatic rings. The van der Waals surface area contributed by atoms with Gasteiger partial charge in [0.2, 0.25) is 0 Å². The smallest absolute Gasteiger partial charge is 0.141 e. The number of hydrogen-bond acceptors (Lipinski definition) is 2. The average Bonchev–Trinajstić information content (AvgIpc) is 2.77. The predicted octanol–water partition coefficient (Wildman–Crippen LogP) is 3.66. The van der Waals surface area contributed by atoms with Crippen molar-refractivity contribution in [1.82, 2.24) is 9.38 Å². The third-order valence-electron chi connectivity index (χ3n) is 2.81. The van der Waals surface area contributed by atoms with E-state index in [9.17, 15) is 0 Å². The normalized spacial score (nSPS) is 10.8. The lowest BCUT2D eigenvalue weighted by Gasteiger charge is -2.02. The van der Waals surface area contributed by atoms with Crippen LogP contribution < -0.4 is 4.74 Å². The minimum absolute atomic E-state index is 0.610. The molecule has 0 atom stereocenters. The Morgan fingerprint density at radius 2 is 2.06 bits per heavy atom. The van der Waals surface area contributed by atoms with Crippen molar-refractivity contribution < 1.29 is 4.74 Å². The molecule has 0 bridgehead atoms. The van der Waals surface area contributed by atoms with Crippen LogP contribution in [0.3, 0.4) is 0 Å². The summed E-state index contributed by atoms with van der Waals surface area (Å²) in [6.45, 7) is 0. The molecule has 90 valence electrons. The number of halogens is 1. The Bertz CT molecular complexity index is 706. The molecule has 0 radical (unpaired) electrons. The monoisotopic (exact) mass is 258 g/mol. The number of aromatic nitrogens is 2. The highest BCUT2D eigenvalue weighted by Crippen LogP contribution is 2.30. The van der Waals surface area contributed by atoms with E-state index in [2.05, 4.69) is 4.98 Å². The van der Waals surface area contributed by atoms with E-state index in [-0.39, 0.29) is 0 Å². The molecule has 0 N–H and O–H groups in total. The van der Waals surface area contributed by atoms with E-state index in [0.29, 0.717) is 5.15 Å². The minimum Gasteiger partial charge on any atom is -0.497 e. The molecular formula is C14H11ClN2O. The summed E-state index contributed by atoms with van der Waals surface area (Å²) in [6.07, 6.45) is 1.90. The number of ether oxygens (including phenoxy) is 1. The van der Waals surface area contributed by atoms with Crippen molar-refractivity contribution in [1.29, 1.82) is 0 Å². The molecule has 0 saturated heterocycles. The fourth-order valence-corrected chi connectivity index (χ4v) is 2.21. The van der Waals surface area contributed by atoms with E-state index >= 15 is 0 Å². The number of pyridine rings is 1. The van der Waals surface area contributed by atoms with Crippen LogP contribution in [-0.4, -0.2) is 16.5 Å². The van der Waals surface area contributed by atoms with Crippen molar-refractivity contribution in [2.75, 3.05) is 7.11 Å². The summed E-state index contributed by atoms with van der Waals surface area (Å²) in [5.74, 6) is 0.792. The summed E-state index contributed by atoms with van der Waals surface area (Å²) < 4.78 is 7.07. The number of imidazole rings is 1. The summed E-state index contributed by atoms with van der Waals surface area (Å²) in [7, 11) is 1.64. The van der Waals surface area contributed by atoms with Crippen molar-refractivity contribution in [3.05, 3.63) is 53.8 Å². The van der Waals surface area contributed by atoms with Crippen LogP contribution in [0.2, 0.25) is 5.15 Å². The lowest BCUT2D eigenvalue weighted by atomic mass is 10.1. The van der Waals surface area contributed by atoms with Gasteiger partial charge in [0.25, 0.3) is 0 Å². The maximum Gasteiger partial charge on any atom is 0.141 e. The highest BCUT2D eigenvalue weighted by molar-refractivity contribution is 6.32. The van der Waals surface area contributed by atoms with Crippen molar-refractivity contribution in [3.63, 3.8) is 0 Å². The van der Waals surface area contributed by atoms with Crippen molar-refractivity contribution in [2.24, 2.45) is 0 Å². The van der Waals surface area contributed by atoms with E-state index in [1.165, 1.54) is 0 Å². The molecule has 0 spiro atoms. The van der Waals surface area contributed by atoms with Crippen molar-refractivity contribution in [2.45, 2.75) is 0 Å². The zero-order valence-corrected chi connectivity index (χ0v) is 10.6. The minimum atomic E-state index is 0.610. The first-order valence-corrected chi connectivity index (χ1v) is 5.94. The molecule has 3 nitrogen and oxygen atoms in total. The number of rotatable bonds is 2. The number of fused-ring (bicyclic) bond motifs is 1. The average molecular weight is 259 g/mol. The highest BCUT2D eigenvalue weighted by Gasteiger charge is 2.11. The Balaban J connectivity index is 2.21. The molecule has 3 rings (SSSR count). The van der Waals surface area contributed by atoms with Crippen LogP contribution in [0.5, 0.6) is 5.75 Å². The molecule has 0 saturated carbocycles. The van der Waals surface area contributed by atoms with Crippen LogP contribution in [0.4, 0.5) is 0 Å². The highest BCUT2D eigenvalue weighted by atomic mass is 35.5. The number of nitrogens with zero attached hydrogens (tertiary/aromatic N) is 2. The molecular weight excluding hydrogens is 248 g/mol. The SMILES string of the molecule is COc1cccc(-c2nc3ccccn3c2Cl)c1. The zero-order valence-electron chi connectivity index (χ0n) is 9.80. The van der Waals surface area contributed by atoms with Crippen LogP contribution >= 0.6 is 11.6 Å². The first-order valence-electron chi connectivity index (χ1n) is 5.56. The molecule has 2 aromatic heterocycles. The van der Waals surface area contributed by atoms with Crippen molar-refractivity contribution >= 4 is 17.2 Å². The molecule has 0 amide bonds. The molecule has 18 heavy (non-hydrogen) atoms. The quantitative estimate of drug-likeness (QED) is 0.701. The largest absolute Gasteiger partial charge is 0.497 e. The van der Waals surface area contributed by atoms with Crippen LogP contribution in [0.25, 0.3) is 16.9 Å². The van der Waals surface area contributed by atoms with E-state index in [1.807, 2.05) is 53.1 Å². The molecule has 0 aliphatic rings. The molecule has 1 aromatic carbocycles. The topological polar surface area (TPSA) is 26.5 Å². The first-order chi connectivity index (χ1) is 8.79. The van der Waals surface area contributed by atoms with Gasteiger partial charge in [-0.1, -0.05) is 29.8 Å². The summed E-state index contributed by atoms with van der Waals surface area (Å²) in [4.78, 5) is 4.53. The maximum absolute atomic E-state index is 6.35. The van der Waals surface area contributed by atoms with Gasteiger partial charge >= 0.3 is 0 Å². The fraction of sp³-hybridized carbons (Fsp3) is 0.0714. The van der Waals surface area contributed by atoms with Gasteiger partial charge in [0, 0.05) is 11.8 Å². The number of benzene rings is 1. The van der Waals surface area contributed by atoms with Gasteiger partial charge in [0.05, 0.1) is 7.11 Å². The number of methoxy groups -OCH3 is 1. The lowest BCUT2D eigenvalue weighted by molar-refractivity contribution is 0.415. The maximum atomic E-state index is 6.35. The Morgan fingerprint density at radius 3 is 2.83 bits per heavy atom. The summed E-state index contributed by atoms with van der Waals surface area (Å²) in [6, 6.07) is 13.5. The van der Waals surface area contributed by atoms with Crippen LogP contribution in [0.1, 0.15) is 0 Å². The molecule has 2 heterocycles.